The van der Waals surface area contributed by atoms with E-state index >= 15 is 0 Å². The van der Waals surface area contributed by atoms with E-state index in [2.05, 4.69) is 111 Å². The summed E-state index contributed by atoms with van der Waals surface area (Å²) in [5.41, 5.74) is -0.0971. The molecule has 0 heterocycles. The minimum atomic E-state index is -1.35. The van der Waals surface area contributed by atoms with Crippen LogP contribution in [-0.2, 0) is 0 Å². The summed E-state index contributed by atoms with van der Waals surface area (Å²) in [5, 5.41) is 6.44. The summed E-state index contributed by atoms with van der Waals surface area (Å²) in [7, 11) is -1.35. The fourth-order valence-electron chi connectivity index (χ4n) is 3.17. The van der Waals surface area contributed by atoms with Gasteiger partial charge >= 0.3 is 0 Å². The lowest BCUT2D eigenvalue weighted by Gasteiger charge is -2.27. The van der Waals surface area contributed by atoms with Crippen LogP contribution in [0.25, 0.3) is 21.5 Å². The molecule has 0 atom stereocenters. The zero-order valence-electron chi connectivity index (χ0n) is 16.4. The lowest BCUT2D eigenvalue weighted by Crippen LogP contribution is -2.49. The highest BCUT2D eigenvalue weighted by Crippen LogP contribution is 2.31. The summed E-state index contributed by atoms with van der Waals surface area (Å²) in [6.45, 7) is 13.2. The molecule has 3 aromatic rings. The maximum atomic E-state index is 5.27. The lowest BCUT2D eigenvalue weighted by atomic mass is 10.0. The van der Waals surface area contributed by atoms with Crippen LogP contribution in [0.5, 0.6) is 0 Å². The molecule has 0 radical (unpaired) electrons. The number of benzene rings is 3. The van der Waals surface area contributed by atoms with Gasteiger partial charge in [-0.15, -0.1) is 0 Å². The van der Waals surface area contributed by atoms with Crippen LogP contribution >= 0.6 is 15.9 Å². The maximum Gasteiger partial charge on any atom is 0.274 e. The average molecular weight is 427 g/mol. The zero-order valence-corrected chi connectivity index (χ0v) is 19.0. The molecule has 3 rings (SSSR count). The quantitative estimate of drug-likeness (QED) is 0.399. The highest BCUT2D eigenvalue weighted by Gasteiger charge is 2.23. The Morgan fingerprint density at radius 3 is 1.58 bits per heavy atom. The Morgan fingerprint density at radius 2 is 1.19 bits per heavy atom. The molecule has 0 aliphatic heterocycles. The maximum absolute atomic E-state index is 5.27. The first-order valence-corrected chi connectivity index (χ1v) is 11.3. The number of fused-ring (bicyclic) bond motifs is 2. The largest absolute Gasteiger partial charge is 0.399 e. The number of hydrogen-bond acceptors (Lipinski definition) is 1. The van der Waals surface area contributed by atoms with Gasteiger partial charge in [0.25, 0.3) is 8.75 Å². The Hall–Kier alpha value is -1.52. The molecule has 0 spiro atoms. The van der Waals surface area contributed by atoms with E-state index in [1.54, 1.807) is 0 Å². The van der Waals surface area contributed by atoms with E-state index in [9.17, 15) is 0 Å². The van der Waals surface area contributed by atoms with Crippen molar-refractivity contribution in [3.05, 3.63) is 53.0 Å². The van der Waals surface area contributed by atoms with Crippen molar-refractivity contribution in [2.45, 2.75) is 52.6 Å². The second kappa shape index (κ2) is 6.89. The molecule has 0 fully saturated rings. The van der Waals surface area contributed by atoms with Gasteiger partial charge in [0.1, 0.15) is 0 Å². The van der Waals surface area contributed by atoms with E-state index in [1.165, 1.54) is 31.2 Å². The van der Waals surface area contributed by atoms with Gasteiger partial charge in [-0.05, 0) is 79.0 Å². The van der Waals surface area contributed by atoms with Gasteiger partial charge in [-0.3, -0.25) is 0 Å². The molecule has 3 aromatic carbocycles. The number of rotatable bonds is 2. The van der Waals surface area contributed by atoms with Crippen molar-refractivity contribution < 1.29 is 0 Å². The van der Waals surface area contributed by atoms with Crippen LogP contribution in [0.3, 0.4) is 0 Å². The standard InChI is InChI=1S/C22H27BrN2Si/c1-21(2,3)24-26(25-22(4,5)6)20-17-13-9-7-11-15(17)19(23)16-12-8-10-14-18(16)20/h7-14,24H,1-6H3. The molecule has 26 heavy (non-hydrogen) atoms. The van der Waals surface area contributed by atoms with E-state index in [-0.39, 0.29) is 11.1 Å². The molecule has 1 N–H and O–H groups in total. The number of halogens is 1. The van der Waals surface area contributed by atoms with Gasteiger partial charge in [-0.1, -0.05) is 48.5 Å². The SMILES string of the molecule is CC(C)(C)N=[Si](NC(C)(C)C)c1c2ccccc2c(Br)c2ccccc12. The predicted octanol–water partition coefficient (Wildman–Crippen LogP) is 5.91. The minimum absolute atomic E-state index is 0.00166. The topological polar surface area (TPSA) is 24.4 Å². The summed E-state index contributed by atoms with van der Waals surface area (Å²) in [6.07, 6.45) is 0. The first-order chi connectivity index (χ1) is 12.1. The molecule has 0 aliphatic carbocycles. The average Bonchev–Trinajstić information content (AvgIpc) is 2.52. The Bertz CT molecular complexity index is 938. The molecule has 0 bridgehead atoms. The third-order valence-corrected chi connectivity index (χ3v) is 7.79. The third-order valence-electron chi connectivity index (χ3n) is 4.04. The van der Waals surface area contributed by atoms with Crippen molar-refractivity contribution in [2.75, 3.05) is 0 Å². The minimum Gasteiger partial charge on any atom is -0.399 e. The highest BCUT2D eigenvalue weighted by atomic mass is 79.9. The molecule has 4 heteroatoms. The van der Waals surface area contributed by atoms with Crippen molar-refractivity contribution in [2.24, 2.45) is 4.63 Å². The molecular weight excluding hydrogens is 400 g/mol. The Morgan fingerprint density at radius 1 is 0.769 bits per heavy atom. The van der Waals surface area contributed by atoms with Gasteiger partial charge in [0.2, 0.25) is 0 Å². The molecule has 0 unspecified atom stereocenters. The number of hydrogen-bond donors (Lipinski definition) is 1. The van der Waals surface area contributed by atoms with Crippen LogP contribution in [0.4, 0.5) is 0 Å². The summed E-state index contributed by atoms with van der Waals surface area (Å²) < 4.78 is 6.44. The Kier molecular flexibility index (Phi) is 5.10. The first kappa shape index (κ1) is 19.2. The van der Waals surface area contributed by atoms with Gasteiger partial charge in [0.15, 0.2) is 0 Å². The van der Waals surface area contributed by atoms with Crippen molar-refractivity contribution in [3.8, 4) is 0 Å². The molecule has 2 nitrogen and oxygen atoms in total. The van der Waals surface area contributed by atoms with Gasteiger partial charge in [-0.2, -0.15) is 0 Å². The van der Waals surface area contributed by atoms with E-state index < -0.39 is 8.75 Å². The van der Waals surface area contributed by atoms with E-state index in [0.717, 1.165) is 0 Å². The van der Waals surface area contributed by atoms with Crippen LogP contribution in [0.15, 0.2) is 57.6 Å². The van der Waals surface area contributed by atoms with Crippen molar-refractivity contribution in [1.29, 1.82) is 0 Å². The van der Waals surface area contributed by atoms with Crippen molar-refractivity contribution in [1.82, 2.24) is 4.98 Å². The molecule has 0 aromatic heterocycles. The van der Waals surface area contributed by atoms with Crippen LogP contribution in [0.2, 0.25) is 0 Å². The Balaban J connectivity index is 2.46. The first-order valence-electron chi connectivity index (χ1n) is 9.04. The third kappa shape index (κ3) is 4.07. The summed E-state index contributed by atoms with van der Waals surface area (Å²) in [5.74, 6) is 0. The molecule has 0 saturated heterocycles. The second-order valence-corrected chi connectivity index (χ2v) is 11.3. The predicted molar refractivity (Wildman–Crippen MR) is 120 cm³/mol. The van der Waals surface area contributed by atoms with E-state index in [1.807, 2.05) is 0 Å². The summed E-state index contributed by atoms with van der Waals surface area (Å²) >= 11 is 3.85. The van der Waals surface area contributed by atoms with Crippen LogP contribution in [-0.4, -0.2) is 19.8 Å². The van der Waals surface area contributed by atoms with Gasteiger partial charge < -0.3 is 9.62 Å². The van der Waals surface area contributed by atoms with Gasteiger partial charge in [0, 0.05) is 20.7 Å². The monoisotopic (exact) mass is 426 g/mol. The summed E-state index contributed by atoms with van der Waals surface area (Å²) in [6, 6.07) is 17.3. The van der Waals surface area contributed by atoms with Crippen LogP contribution < -0.4 is 10.2 Å². The molecule has 0 aliphatic rings. The van der Waals surface area contributed by atoms with Crippen LogP contribution in [0.1, 0.15) is 41.5 Å². The van der Waals surface area contributed by atoms with Gasteiger partial charge in [-0.25, -0.2) is 0 Å². The fraction of sp³-hybridized carbons (Fsp3) is 0.364. The molecule has 0 amide bonds. The van der Waals surface area contributed by atoms with E-state index in [0.29, 0.717) is 0 Å². The van der Waals surface area contributed by atoms with Gasteiger partial charge in [0.05, 0.1) is 0 Å². The number of nitrogens with zero attached hydrogens (tertiary/aromatic N) is 1. The Labute approximate surface area is 166 Å². The summed E-state index contributed by atoms with van der Waals surface area (Å²) in [4.78, 5) is 3.85. The zero-order chi connectivity index (χ0) is 19.1. The lowest BCUT2D eigenvalue weighted by molar-refractivity contribution is 0.515. The normalized spacial score (nSPS) is 13.4. The fourth-order valence-corrected chi connectivity index (χ4v) is 6.48. The smallest absolute Gasteiger partial charge is 0.274 e. The second-order valence-electron chi connectivity index (χ2n) is 8.79. The van der Waals surface area contributed by atoms with Crippen molar-refractivity contribution in [3.63, 3.8) is 0 Å². The van der Waals surface area contributed by atoms with Crippen LogP contribution in [0, 0.1) is 0 Å². The molecule has 136 valence electrons. The number of nitrogens with one attached hydrogen (secondary N) is 1. The molecular formula is C22H27BrN2Si. The van der Waals surface area contributed by atoms with E-state index in [4.69, 9.17) is 4.63 Å². The van der Waals surface area contributed by atoms with Crippen molar-refractivity contribution >= 4 is 51.4 Å². The highest BCUT2D eigenvalue weighted by molar-refractivity contribution is 9.10. The molecule has 0 saturated carbocycles.